The van der Waals surface area contributed by atoms with Gasteiger partial charge >= 0.3 is 5.97 Å². The maximum atomic E-state index is 11.6. The van der Waals surface area contributed by atoms with Gasteiger partial charge in [-0.15, -0.1) is 6.42 Å². The van der Waals surface area contributed by atoms with Crippen molar-refractivity contribution in [2.45, 2.75) is 26.4 Å². The Morgan fingerprint density at radius 2 is 2.00 bits per heavy atom. The summed E-state index contributed by atoms with van der Waals surface area (Å²) in [6, 6.07) is 0. The van der Waals surface area contributed by atoms with Gasteiger partial charge in [0, 0.05) is 0 Å². The molecule has 0 saturated carbocycles. The molecule has 1 amide bonds. The first kappa shape index (κ1) is 14.5. The van der Waals surface area contributed by atoms with E-state index in [4.69, 9.17) is 16.3 Å². The van der Waals surface area contributed by atoms with Gasteiger partial charge in [-0.3, -0.25) is 9.59 Å². The summed E-state index contributed by atoms with van der Waals surface area (Å²) in [5.41, 5.74) is -0.444. The van der Waals surface area contributed by atoms with E-state index in [-0.39, 0.29) is 13.2 Å². The number of amides is 1. The minimum Gasteiger partial charge on any atom is -0.480 e. The average Bonchev–Trinajstić information content (AvgIpc) is 2.11. The van der Waals surface area contributed by atoms with E-state index in [1.165, 1.54) is 0 Å². The molecule has 0 spiro atoms. The van der Waals surface area contributed by atoms with Crippen LogP contribution in [-0.2, 0) is 14.3 Å². The normalized spacial score (nSPS) is 10.6. The fourth-order valence-corrected chi connectivity index (χ4v) is 0.875. The highest BCUT2D eigenvalue weighted by Gasteiger charge is 2.19. The lowest BCUT2D eigenvalue weighted by Crippen LogP contribution is -2.39. The lowest BCUT2D eigenvalue weighted by atomic mass is 10.2. The summed E-state index contributed by atoms with van der Waals surface area (Å²) in [6.07, 6.45) is 5.05. The Bertz CT molecular complexity index is 298. The van der Waals surface area contributed by atoms with Crippen molar-refractivity contribution in [3.8, 4) is 12.3 Å². The van der Waals surface area contributed by atoms with Crippen LogP contribution in [0.5, 0.6) is 0 Å². The van der Waals surface area contributed by atoms with Crippen LogP contribution in [-0.4, -0.2) is 47.2 Å². The summed E-state index contributed by atoms with van der Waals surface area (Å²) in [7, 11) is 0. The number of ether oxygens (including phenoxy) is 1. The summed E-state index contributed by atoms with van der Waals surface area (Å²) in [5, 5.41) is 8.58. The first-order valence-electron chi connectivity index (χ1n) is 4.83. The van der Waals surface area contributed by atoms with Crippen molar-refractivity contribution in [3.63, 3.8) is 0 Å². The van der Waals surface area contributed by atoms with Crippen molar-refractivity contribution in [1.29, 1.82) is 0 Å². The molecule has 0 rings (SSSR count). The fraction of sp³-hybridized carbons (Fsp3) is 0.636. The number of carboxylic acid groups (broad SMARTS) is 1. The third-order valence-electron chi connectivity index (χ3n) is 1.59. The number of nitrogens with zero attached hydrogens (tertiary/aromatic N) is 1. The Balaban J connectivity index is 4.29. The number of terminal acetylenes is 1. The lowest BCUT2D eigenvalue weighted by Gasteiger charge is -2.22. The molecule has 16 heavy (non-hydrogen) atoms. The van der Waals surface area contributed by atoms with Crippen LogP contribution in [0.25, 0.3) is 0 Å². The van der Waals surface area contributed by atoms with Crippen LogP contribution in [0.1, 0.15) is 20.8 Å². The molecule has 0 fully saturated rings. The molecule has 0 bridgehead atoms. The highest BCUT2D eigenvalue weighted by atomic mass is 16.5. The quantitative estimate of drug-likeness (QED) is 0.688. The molecule has 1 N–H and O–H groups in total. The van der Waals surface area contributed by atoms with E-state index in [2.05, 4.69) is 5.92 Å². The van der Waals surface area contributed by atoms with E-state index in [0.717, 1.165) is 4.90 Å². The van der Waals surface area contributed by atoms with Crippen LogP contribution < -0.4 is 0 Å². The monoisotopic (exact) mass is 227 g/mol. The second-order valence-corrected chi connectivity index (χ2v) is 4.25. The predicted octanol–water partition coefficient (Wildman–Crippen LogP) is 0.348. The van der Waals surface area contributed by atoms with Gasteiger partial charge in [0.05, 0.1) is 12.1 Å². The van der Waals surface area contributed by atoms with E-state index < -0.39 is 24.0 Å². The minimum atomic E-state index is -1.10. The van der Waals surface area contributed by atoms with Crippen LogP contribution in [0, 0.1) is 12.3 Å². The van der Waals surface area contributed by atoms with Gasteiger partial charge in [0.15, 0.2) is 0 Å². The van der Waals surface area contributed by atoms with E-state index in [9.17, 15) is 9.59 Å². The van der Waals surface area contributed by atoms with Gasteiger partial charge in [0.25, 0.3) is 0 Å². The number of carboxylic acids is 1. The van der Waals surface area contributed by atoms with Crippen molar-refractivity contribution in [2.24, 2.45) is 0 Å². The second-order valence-electron chi connectivity index (χ2n) is 4.25. The maximum absolute atomic E-state index is 11.6. The SMILES string of the molecule is C#CCN(CC(=O)O)C(=O)COC(C)(C)C. The van der Waals surface area contributed by atoms with Crippen molar-refractivity contribution in [3.05, 3.63) is 0 Å². The van der Waals surface area contributed by atoms with Crippen LogP contribution >= 0.6 is 0 Å². The Hall–Kier alpha value is -1.54. The van der Waals surface area contributed by atoms with E-state index in [1.807, 2.05) is 20.8 Å². The molecule has 0 aliphatic carbocycles. The van der Waals surface area contributed by atoms with Gasteiger partial charge in [-0.05, 0) is 20.8 Å². The van der Waals surface area contributed by atoms with Crippen LogP contribution in [0.3, 0.4) is 0 Å². The molecule has 0 heterocycles. The zero-order valence-corrected chi connectivity index (χ0v) is 9.82. The second kappa shape index (κ2) is 6.13. The Labute approximate surface area is 95.4 Å². The first-order valence-corrected chi connectivity index (χ1v) is 4.83. The van der Waals surface area contributed by atoms with Crippen molar-refractivity contribution >= 4 is 11.9 Å². The number of hydrogen-bond donors (Lipinski definition) is 1. The number of aliphatic carboxylic acids is 1. The highest BCUT2D eigenvalue weighted by molar-refractivity contribution is 5.82. The molecule has 0 unspecified atom stereocenters. The van der Waals surface area contributed by atoms with Crippen molar-refractivity contribution in [1.82, 2.24) is 4.90 Å². The van der Waals surface area contributed by atoms with Crippen molar-refractivity contribution < 1.29 is 19.4 Å². The third kappa shape index (κ3) is 6.85. The molecule has 5 heteroatoms. The summed E-state index contributed by atoms with van der Waals surface area (Å²) < 4.78 is 5.25. The van der Waals surface area contributed by atoms with Gasteiger partial charge < -0.3 is 14.7 Å². The summed E-state index contributed by atoms with van der Waals surface area (Å²) in [5.74, 6) is 0.719. The van der Waals surface area contributed by atoms with Crippen LogP contribution in [0.4, 0.5) is 0 Å². The van der Waals surface area contributed by atoms with Gasteiger partial charge in [-0.1, -0.05) is 5.92 Å². The molecule has 0 aromatic heterocycles. The third-order valence-corrected chi connectivity index (χ3v) is 1.59. The molecule has 5 nitrogen and oxygen atoms in total. The standard InChI is InChI=1S/C11H17NO4/c1-5-6-12(7-10(14)15)9(13)8-16-11(2,3)4/h1H,6-8H2,2-4H3,(H,14,15). The van der Waals surface area contributed by atoms with Gasteiger partial charge in [-0.2, -0.15) is 0 Å². The number of rotatable bonds is 5. The zero-order valence-electron chi connectivity index (χ0n) is 9.82. The summed E-state index contributed by atoms with van der Waals surface area (Å²) in [4.78, 5) is 23.1. The van der Waals surface area contributed by atoms with Gasteiger partial charge in [-0.25, -0.2) is 0 Å². The Morgan fingerprint density at radius 1 is 1.44 bits per heavy atom. The molecule has 0 aromatic carbocycles. The van der Waals surface area contributed by atoms with Gasteiger partial charge in [0.2, 0.25) is 5.91 Å². The summed E-state index contributed by atoms with van der Waals surface area (Å²) in [6.45, 7) is 4.82. The molecular weight excluding hydrogens is 210 g/mol. The van der Waals surface area contributed by atoms with Gasteiger partial charge in [0.1, 0.15) is 13.2 Å². The topological polar surface area (TPSA) is 66.8 Å². The first-order chi connectivity index (χ1) is 7.26. The minimum absolute atomic E-state index is 0.0291. The fourth-order valence-electron chi connectivity index (χ4n) is 0.875. The van der Waals surface area contributed by atoms with Crippen LogP contribution in [0.2, 0.25) is 0 Å². The highest BCUT2D eigenvalue weighted by Crippen LogP contribution is 2.06. The molecule has 0 radical (unpaired) electrons. The Kier molecular flexibility index (Phi) is 5.54. The zero-order chi connectivity index (χ0) is 12.8. The molecular formula is C11H17NO4. The van der Waals surface area contributed by atoms with E-state index in [0.29, 0.717) is 0 Å². The molecule has 0 aromatic rings. The smallest absolute Gasteiger partial charge is 0.323 e. The molecule has 0 atom stereocenters. The van der Waals surface area contributed by atoms with E-state index >= 15 is 0 Å². The summed E-state index contributed by atoms with van der Waals surface area (Å²) >= 11 is 0. The Morgan fingerprint density at radius 3 is 2.38 bits per heavy atom. The molecule has 90 valence electrons. The largest absolute Gasteiger partial charge is 0.480 e. The molecule has 0 saturated heterocycles. The van der Waals surface area contributed by atoms with Crippen molar-refractivity contribution in [2.75, 3.05) is 19.7 Å². The average molecular weight is 227 g/mol. The lowest BCUT2D eigenvalue weighted by molar-refractivity contribution is -0.148. The van der Waals surface area contributed by atoms with E-state index in [1.54, 1.807) is 0 Å². The maximum Gasteiger partial charge on any atom is 0.323 e. The van der Waals surface area contributed by atoms with Crippen LogP contribution in [0.15, 0.2) is 0 Å². The molecule has 0 aliphatic rings. The number of carbonyl (C=O) groups is 2. The predicted molar refractivity (Wildman–Crippen MR) is 58.8 cm³/mol. The molecule has 0 aliphatic heterocycles. The number of carbonyl (C=O) groups excluding carboxylic acids is 1. The number of hydrogen-bond acceptors (Lipinski definition) is 3.